The van der Waals surface area contributed by atoms with Gasteiger partial charge in [-0.05, 0) is 42.5 Å². The number of halogens is 4. The summed E-state index contributed by atoms with van der Waals surface area (Å²) in [5, 5.41) is 0. The lowest BCUT2D eigenvalue weighted by Gasteiger charge is -2.35. The molecular formula is C14H16BrCl2FO2S. The van der Waals surface area contributed by atoms with Crippen LogP contribution < -0.4 is 0 Å². The van der Waals surface area contributed by atoms with Gasteiger partial charge in [0.1, 0.15) is 5.82 Å². The molecule has 2 rings (SSSR count). The summed E-state index contributed by atoms with van der Waals surface area (Å²) in [6.45, 7) is 0. The summed E-state index contributed by atoms with van der Waals surface area (Å²) < 4.78 is 37.6. The molecule has 1 fully saturated rings. The van der Waals surface area contributed by atoms with Crippen molar-refractivity contribution in [2.45, 2.75) is 12.8 Å². The molecule has 1 aromatic carbocycles. The predicted molar refractivity (Wildman–Crippen MR) is 88.4 cm³/mol. The van der Waals surface area contributed by atoms with Crippen LogP contribution in [0.15, 0.2) is 22.7 Å². The predicted octanol–water partition coefficient (Wildman–Crippen LogP) is 4.03. The van der Waals surface area contributed by atoms with E-state index < -0.39 is 15.3 Å². The summed E-state index contributed by atoms with van der Waals surface area (Å²) in [4.78, 5) is 0. The summed E-state index contributed by atoms with van der Waals surface area (Å²) in [6.07, 6.45) is 1.04. The van der Waals surface area contributed by atoms with Gasteiger partial charge in [0.2, 0.25) is 0 Å². The van der Waals surface area contributed by atoms with E-state index in [9.17, 15) is 12.8 Å². The van der Waals surface area contributed by atoms with Crippen molar-refractivity contribution in [3.8, 4) is 0 Å². The molecule has 0 aromatic heterocycles. The van der Waals surface area contributed by atoms with Crippen molar-refractivity contribution in [3.63, 3.8) is 0 Å². The molecule has 21 heavy (non-hydrogen) atoms. The van der Waals surface area contributed by atoms with Gasteiger partial charge in [0.05, 0.1) is 11.5 Å². The Morgan fingerprint density at radius 1 is 1.29 bits per heavy atom. The van der Waals surface area contributed by atoms with E-state index in [4.69, 9.17) is 23.2 Å². The van der Waals surface area contributed by atoms with E-state index >= 15 is 0 Å². The highest BCUT2D eigenvalue weighted by atomic mass is 79.9. The summed E-state index contributed by atoms with van der Waals surface area (Å²) in [5.74, 6) is 0.384. The Kier molecular flexibility index (Phi) is 5.61. The Morgan fingerprint density at radius 2 is 1.95 bits per heavy atom. The maximum atomic E-state index is 13.5. The summed E-state index contributed by atoms with van der Waals surface area (Å²) in [5.41, 5.74) is 0.243. The molecule has 0 bridgehead atoms. The minimum absolute atomic E-state index is 0.0838. The van der Waals surface area contributed by atoms with Crippen LogP contribution >= 0.6 is 39.1 Å². The van der Waals surface area contributed by atoms with Crippen molar-refractivity contribution in [1.82, 2.24) is 0 Å². The monoisotopic (exact) mass is 416 g/mol. The third-order valence-electron chi connectivity index (χ3n) is 4.11. The molecule has 1 heterocycles. The maximum absolute atomic E-state index is 13.5. The summed E-state index contributed by atoms with van der Waals surface area (Å²) in [6, 6.07) is 4.65. The molecule has 1 saturated heterocycles. The molecule has 0 saturated carbocycles. The van der Waals surface area contributed by atoms with Crippen LogP contribution in [-0.4, -0.2) is 31.7 Å². The lowest BCUT2D eigenvalue weighted by atomic mass is 9.73. The van der Waals surface area contributed by atoms with Gasteiger partial charge >= 0.3 is 0 Å². The first-order valence-electron chi connectivity index (χ1n) is 6.57. The highest BCUT2D eigenvalue weighted by molar-refractivity contribution is 9.10. The molecular weight excluding hydrogens is 402 g/mol. The van der Waals surface area contributed by atoms with Crippen molar-refractivity contribution < 1.29 is 12.8 Å². The van der Waals surface area contributed by atoms with Crippen LogP contribution in [0.4, 0.5) is 4.39 Å². The highest BCUT2D eigenvalue weighted by Crippen LogP contribution is 2.41. The van der Waals surface area contributed by atoms with Crippen LogP contribution in [0.3, 0.4) is 0 Å². The molecule has 7 heteroatoms. The molecule has 1 aromatic rings. The number of sulfone groups is 1. The largest absolute Gasteiger partial charge is 0.229 e. The normalized spacial score (nSPS) is 21.6. The quantitative estimate of drug-likeness (QED) is 0.677. The van der Waals surface area contributed by atoms with Gasteiger partial charge in [0, 0.05) is 21.6 Å². The van der Waals surface area contributed by atoms with E-state index in [1.807, 2.05) is 6.07 Å². The highest BCUT2D eigenvalue weighted by Gasteiger charge is 2.43. The van der Waals surface area contributed by atoms with E-state index in [-0.39, 0.29) is 35.0 Å². The number of rotatable bonds is 5. The maximum Gasteiger partial charge on any atom is 0.150 e. The van der Waals surface area contributed by atoms with Crippen molar-refractivity contribution >= 4 is 49.0 Å². The third kappa shape index (κ3) is 4.12. The Balaban J connectivity index is 2.30. The van der Waals surface area contributed by atoms with E-state index in [0.29, 0.717) is 17.3 Å². The first-order valence-corrected chi connectivity index (χ1v) is 10.3. The van der Waals surface area contributed by atoms with Gasteiger partial charge in [-0.3, -0.25) is 0 Å². The molecule has 1 aliphatic heterocycles. The van der Waals surface area contributed by atoms with Gasteiger partial charge in [-0.25, -0.2) is 12.8 Å². The van der Waals surface area contributed by atoms with Crippen molar-refractivity contribution in [2.24, 2.45) is 11.3 Å². The molecule has 1 atom stereocenters. The number of benzene rings is 1. The summed E-state index contributed by atoms with van der Waals surface area (Å²) in [7, 11) is -3.01. The molecule has 0 N–H and O–H groups in total. The van der Waals surface area contributed by atoms with E-state index in [1.165, 1.54) is 12.1 Å². The van der Waals surface area contributed by atoms with Gasteiger partial charge in [-0.2, -0.15) is 0 Å². The molecule has 1 aliphatic rings. The molecule has 118 valence electrons. The van der Waals surface area contributed by atoms with Crippen LogP contribution in [0.1, 0.15) is 12.0 Å². The minimum atomic E-state index is -3.01. The lowest BCUT2D eigenvalue weighted by molar-refractivity contribution is 0.244. The molecule has 0 radical (unpaired) electrons. The van der Waals surface area contributed by atoms with E-state index in [0.717, 1.165) is 5.56 Å². The fraction of sp³-hybridized carbons (Fsp3) is 0.571. The van der Waals surface area contributed by atoms with Crippen LogP contribution in [0.25, 0.3) is 0 Å². The first kappa shape index (κ1) is 17.5. The lowest BCUT2D eigenvalue weighted by Crippen LogP contribution is -2.37. The molecule has 1 unspecified atom stereocenters. The second-order valence-corrected chi connectivity index (χ2v) is 9.36. The number of hydrogen-bond donors (Lipinski definition) is 0. The van der Waals surface area contributed by atoms with Gasteiger partial charge in [0.25, 0.3) is 0 Å². The average Bonchev–Trinajstić information content (AvgIpc) is 2.76. The third-order valence-corrected chi connectivity index (χ3v) is 7.40. The number of hydrogen-bond acceptors (Lipinski definition) is 2. The van der Waals surface area contributed by atoms with Crippen LogP contribution in [0.5, 0.6) is 0 Å². The van der Waals surface area contributed by atoms with Gasteiger partial charge < -0.3 is 0 Å². The molecule has 0 spiro atoms. The molecule has 0 amide bonds. The molecule has 2 nitrogen and oxygen atoms in total. The van der Waals surface area contributed by atoms with Crippen molar-refractivity contribution in [1.29, 1.82) is 0 Å². The number of alkyl halides is 2. The zero-order valence-electron chi connectivity index (χ0n) is 11.3. The summed E-state index contributed by atoms with van der Waals surface area (Å²) >= 11 is 15.5. The minimum Gasteiger partial charge on any atom is -0.229 e. The smallest absolute Gasteiger partial charge is 0.150 e. The SMILES string of the molecule is O=S1(=O)CCC(C(CCl)(CCl)Cc2cc(F)cc(Br)c2)C1. The second kappa shape index (κ2) is 6.73. The Bertz CT molecular complexity index is 597. The topological polar surface area (TPSA) is 34.1 Å². The standard InChI is InChI=1S/C14H16BrCl2FO2S/c15-12-3-10(4-13(18)5-12)6-14(8-16,9-17)11-1-2-21(19,20)7-11/h3-5,11H,1-2,6-9H2. The molecule has 0 aliphatic carbocycles. The van der Waals surface area contributed by atoms with Crippen molar-refractivity contribution in [2.75, 3.05) is 23.3 Å². The Morgan fingerprint density at radius 3 is 2.43 bits per heavy atom. The average molecular weight is 418 g/mol. The van der Waals surface area contributed by atoms with Crippen LogP contribution in [0.2, 0.25) is 0 Å². The fourth-order valence-corrected chi connectivity index (χ4v) is 6.26. The Labute approximate surface area is 143 Å². The van der Waals surface area contributed by atoms with E-state index in [2.05, 4.69) is 15.9 Å². The van der Waals surface area contributed by atoms with Crippen LogP contribution in [0, 0.1) is 17.2 Å². The van der Waals surface area contributed by atoms with Gasteiger partial charge in [0.15, 0.2) is 9.84 Å². The fourth-order valence-electron chi connectivity index (χ4n) is 2.89. The zero-order valence-corrected chi connectivity index (χ0v) is 15.2. The van der Waals surface area contributed by atoms with Gasteiger partial charge in [-0.15, -0.1) is 23.2 Å². The van der Waals surface area contributed by atoms with E-state index in [1.54, 1.807) is 0 Å². The zero-order chi connectivity index (χ0) is 15.7. The van der Waals surface area contributed by atoms with Crippen molar-refractivity contribution in [3.05, 3.63) is 34.1 Å². The first-order chi connectivity index (χ1) is 9.80. The van der Waals surface area contributed by atoms with Crippen LogP contribution in [-0.2, 0) is 16.3 Å². The second-order valence-electron chi connectivity index (χ2n) is 5.68. The van der Waals surface area contributed by atoms with Gasteiger partial charge in [-0.1, -0.05) is 15.9 Å². The Hall–Kier alpha value is 0.160.